The maximum atomic E-state index is 9.74. The average Bonchev–Trinajstić information content (AvgIpc) is 2.96. The van der Waals surface area contributed by atoms with Crippen molar-refractivity contribution in [2.75, 3.05) is 5.01 Å². The van der Waals surface area contributed by atoms with Crippen LogP contribution in [-0.4, -0.2) is 5.54 Å². The summed E-state index contributed by atoms with van der Waals surface area (Å²) in [6, 6.07) is 21.1. The number of nitrogens with one attached hydrogen (secondary N) is 2. The molecular formula is C17H15N5. The highest BCUT2D eigenvalue weighted by Crippen LogP contribution is 2.36. The van der Waals surface area contributed by atoms with Gasteiger partial charge in [-0.15, -0.1) is 0 Å². The molecule has 1 heterocycles. The zero-order chi connectivity index (χ0) is 15.6. The van der Waals surface area contributed by atoms with Crippen molar-refractivity contribution in [1.29, 1.82) is 10.5 Å². The van der Waals surface area contributed by atoms with Gasteiger partial charge in [-0.3, -0.25) is 5.01 Å². The predicted octanol–water partition coefficient (Wildman–Crippen LogP) is 2.35. The fourth-order valence-corrected chi connectivity index (χ4v) is 2.64. The highest BCUT2D eigenvalue weighted by Gasteiger charge is 2.51. The van der Waals surface area contributed by atoms with Gasteiger partial charge in [0.1, 0.15) is 12.1 Å². The molecule has 2 N–H and O–H groups in total. The van der Waals surface area contributed by atoms with Crippen LogP contribution >= 0.6 is 0 Å². The first-order valence-corrected chi connectivity index (χ1v) is 6.97. The molecule has 1 aliphatic heterocycles. The molecule has 1 saturated heterocycles. The van der Waals surface area contributed by atoms with Gasteiger partial charge in [0, 0.05) is 0 Å². The van der Waals surface area contributed by atoms with Crippen molar-refractivity contribution in [2.45, 2.75) is 18.5 Å². The monoisotopic (exact) mass is 289 g/mol. The lowest BCUT2D eigenvalue weighted by Gasteiger charge is -2.29. The zero-order valence-corrected chi connectivity index (χ0v) is 12.1. The van der Waals surface area contributed by atoms with E-state index in [9.17, 15) is 10.5 Å². The molecule has 2 aromatic rings. The Kier molecular flexibility index (Phi) is 3.52. The van der Waals surface area contributed by atoms with Crippen LogP contribution < -0.4 is 16.0 Å². The van der Waals surface area contributed by atoms with Crippen molar-refractivity contribution in [3.05, 3.63) is 65.7 Å². The first-order chi connectivity index (χ1) is 10.7. The first-order valence-electron chi connectivity index (χ1n) is 6.97. The summed E-state index contributed by atoms with van der Waals surface area (Å²) in [5, 5.41) is 21.1. The fourth-order valence-electron chi connectivity index (χ4n) is 2.64. The number of nitriles is 2. The molecule has 0 aliphatic carbocycles. The second-order valence-corrected chi connectivity index (χ2v) is 5.26. The van der Waals surface area contributed by atoms with Crippen molar-refractivity contribution < 1.29 is 0 Å². The SMILES string of the molecule is Cc1ccc(N2NNC(c3ccccc3)C2(C#N)C#N)cc1. The maximum Gasteiger partial charge on any atom is 0.249 e. The van der Waals surface area contributed by atoms with E-state index in [1.807, 2.05) is 61.5 Å². The van der Waals surface area contributed by atoms with Gasteiger partial charge < -0.3 is 0 Å². The van der Waals surface area contributed by atoms with Gasteiger partial charge in [0.25, 0.3) is 0 Å². The van der Waals surface area contributed by atoms with E-state index in [1.54, 1.807) is 5.01 Å². The van der Waals surface area contributed by atoms with Crippen LogP contribution in [0.25, 0.3) is 0 Å². The molecule has 1 atom stereocenters. The van der Waals surface area contributed by atoms with Crippen LogP contribution in [0.3, 0.4) is 0 Å². The molecule has 0 saturated carbocycles. The Hall–Kier alpha value is -2.86. The molecule has 1 unspecified atom stereocenters. The van der Waals surface area contributed by atoms with Gasteiger partial charge in [-0.05, 0) is 24.6 Å². The molecule has 3 rings (SSSR count). The molecule has 22 heavy (non-hydrogen) atoms. The van der Waals surface area contributed by atoms with E-state index in [2.05, 4.69) is 23.1 Å². The number of hydrogen-bond acceptors (Lipinski definition) is 5. The van der Waals surface area contributed by atoms with Crippen LogP contribution in [-0.2, 0) is 0 Å². The molecule has 1 fully saturated rings. The number of anilines is 1. The lowest BCUT2D eigenvalue weighted by atomic mass is 9.88. The summed E-state index contributed by atoms with van der Waals surface area (Å²) in [4.78, 5) is 0. The Bertz CT molecular complexity index is 725. The lowest BCUT2D eigenvalue weighted by Crippen LogP contribution is -2.48. The van der Waals surface area contributed by atoms with Gasteiger partial charge in [0.15, 0.2) is 0 Å². The van der Waals surface area contributed by atoms with E-state index in [0.717, 1.165) is 16.8 Å². The predicted molar refractivity (Wildman–Crippen MR) is 83.1 cm³/mol. The summed E-state index contributed by atoms with van der Waals surface area (Å²) >= 11 is 0. The Morgan fingerprint density at radius 1 is 1.00 bits per heavy atom. The van der Waals surface area contributed by atoms with Crippen molar-refractivity contribution in [2.24, 2.45) is 0 Å². The largest absolute Gasteiger partial charge is 0.260 e. The first kappa shape index (κ1) is 14.1. The highest BCUT2D eigenvalue weighted by atomic mass is 15.8. The van der Waals surface area contributed by atoms with Crippen LogP contribution in [0.2, 0.25) is 0 Å². The molecule has 0 bridgehead atoms. The van der Waals surface area contributed by atoms with E-state index < -0.39 is 11.6 Å². The molecule has 5 heteroatoms. The highest BCUT2D eigenvalue weighted by molar-refractivity contribution is 5.57. The van der Waals surface area contributed by atoms with E-state index >= 15 is 0 Å². The maximum absolute atomic E-state index is 9.74. The Morgan fingerprint density at radius 3 is 2.23 bits per heavy atom. The minimum atomic E-state index is -1.36. The summed E-state index contributed by atoms with van der Waals surface area (Å²) < 4.78 is 0. The van der Waals surface area contributed by atoms with Crippen molar-refractivity contribution in [1.82, 2.24) is 11.0 Å². The van der Waals surface area contributed by atoms with Crippen LogP contribution in [0.1, 0.15) is 17.2 Å². The zero-order valence-electron chi connectivity index (χ0n) is 12.1. The summed E-state index contributed by atoms with van der Waals surface area (Å²) in [5.74, 6) is 0. The minimum Gasteiger partial charge on any atom is -0.260 e. The van der Waals surface area contributed by atoms with Crippen LogP contribution in [0.4, 0.5) is 5.69 Å². The van der Waals surface area contributed by atoms with Crippen molar-refractivity contribution in [3.63, 3.8) is 0 Å². The van der Waals surface area contributed by atoms with E-state index in [1.165, 1.54) is 0 Å². The second kappa shape index (κ2) is 5.50. The van der Waals surface area contributed by atoms with Crippen molar-refractivity contribution in [3.8, 4) is 12.1 Å². The Balaban J connectivity index is 2.05. The van der Waals surface area contributed by atoms with E-state index in [0.29, 0.717) is 0 Å². The van der Waals surface area contributed by atoms with Gasteiger partial charge in [0.2, 0.25) is 5.54 Å². The third-order valence-corrected chi connectivity index (χ3v) is 3.86. The molecular weight excluding hydrogens is 274 g/mol. The minimum absolute atomic E-state index is 0.454. The van der Waals surface area contributed by atoms with Crippen LogP contribution in [0.15, 0.2) is 54.6 Å². The molecule has 0 aromatic heterocycles. The number of benzene rings is 2. The average molecular weight is 289 g/mol. The lowest BCUT2D eigenvalue weighted by molar-refractivity contribution is 0.539. The van der Waals surface area contributed by atoms with Crippen LogP contribution in [0.5, 0.6) is 0 Å². The Labute approximate surface area is 129 Å². The van der Waals surface area contributed by atoms with Gasteiger partial charge in [-0.1, -0.05) is 48.0 Å². The number of hydrogen-bond donors (Lipinski definition) is 2. The number of nitrogens with zero attached hydrogens (tertiary/aromatic N) is 3. The summed E-state index contributed by atoms with van der Waals surface area (Å²) in [7, 11) is 0. The fraction of sp³-hybridized carbons (Fsp3) is 0.176. The molecule has 108 valence electrons. The van der Waals surface area contributed by atoms with E-state index in [4.69, 9.17) is 0 Å². The topological polar surface area (TPSA) is 74.9 Å². The number of hydrazine groups is 2. The summed E-state index contributed by atoms with van der Waals surface area (Å²) in [6.07, 6.45) is 0. The third-order valence-electron chi connectivity index (χ3n) is 3.86. The van der Waals surface area contributed by atoms with Crippen LogP contribution in [0, 0.1) is 29.6 Å². The molecule has 2 aromatic carbocycles. The standard InChI is InChI=1S/C17H15N5/c1-13-7-9-15(10-8-13)22-17(11-18,12-19)16(20-21-22)14-5-3-2-4-6-14/h2-10,16,20-21H,1H3. The van der Waals surface area contributed by atoms with Gasteiger partial charge in [-0.2, -0.15) is 16.1 Å². The quantitative estimate of drug-likeness (QED) is 0.887. The molecule has 5 nitrogen and oxygen atoms in total. The molecule has 1 aliphatic rings. The summed E-state index contributed by atoms with van der Waals surface area (Å²) in [6.45, 7) is 1.99. The van der Waals surface area contributed by atoms with E-state index in [-0.39, 0.29) is 0 Å². The van der Waals surface area contributed by atoms with Gasteiger partial charge in [0.05, 0.1) is 11.7 Å². The Morgan fingerprint density at radius 2 is 1.64 bits per heavy atom. The molecule has 0 radical (unpaired) electrons. The normalized spacial score (nSPS) is 19.4. The smallest absolute Gasteiger partial charge is 0.249 e. The van der Waals surface area contributed by atoms with Gasteiger partial charge >= 0.3 is 0 Å². The number of aryl methyl sites for hydroxylation is 1. The second-order valence-electron chi connectivity index (χ2n) is 5.26. The molecule has 0 spiro atoms. The molecule has 0 amide bonds. The third kappa shape index (κ3) is 2.10. The van der Waals surface area contributed by atoms with Crippen molar-refractivity contribution >= 4 is 5.69 Å². The number of rotatable bonds is 2. The van der Waals surface area contributed by atoms with Gasteiger partial charge in [-0.25, -0.2) is 5.43 Å². The summed E-state index contributed by atoms with van der Waals surface area (Å²) in [5.41, 5.74) is 7.43.